The second-order valence-corrected chi connectivity index (χ2v) is 7.24. The van der Waals surface area contributed by atoms with Crippen LogP contribution in [0.15, 0.2) is 23.1 Å². The van der Waals surface area contributed by atoms with Crippen LogP contribution < -0.4 is 10.3 Å². The van der Waals surface area contributed by atoms with E-state index >= 15 is 0 Å². The van der Waals surface area contributed by atoms with Crippen molar-refractivity contribution in [3.63, 3.8) is 0 Å². The van der Waals surface area contributed by atoms with E-state index in [0.717, 1.165) is 75.2 Å². The number of fused-ring (bicyclic) bond motifs is 1. The summed E-state index contributed by atoms with van der Waals surface area (Å²) in [5, 5.41) is 4.61. The number of likely N-dealkylation sites (tertiary alicyclic amines) is 1. The molecule has 26 heavy (non-hydrogen) atoms. The van der Waals surface area contributed by atoms with E-state index in [2.05, 4.69) is 20.0 Å². The van der Waals surface area contributed by atoms with Gasteiger partial charge in [-0.15, -0.1) is 0 Å². The molecule has 0 unspecified atom stereocenters. The highest BCUT2D eigenvalue weighted by atomic mass is 16.5. The van der Waals surface area contributed by atoms with Crippen LogP contribution in [0.25, 0.3) is 0 Å². The van der Waals surface area contributed by atoms with Gasteiger partial charge in [0, 0.05) is 25.4 Å². The van der Waals surface area contributed by atoms with E-state index in [-0.39, 0.29) is 5.56 Å². The molecule has 1 fully saturated rings. The van der Waals surface area contributed by atoms with Crippen LogP contribution in [0.1, 0.15) is 36.2 Å². The SMILES string of the molecule is COc1nccc(CN2CCC(Cn3nc4c(cc3=O)CCC4)CC2)n1. The smallest absolute Gasteiger partial charge is 0.316 e. The lowest BCUT2D eigenvalue weighted by Crippen LogP contribution is -2.36. The number of ether oxygens (including phenoxy) is 1. The molecule has 2 aliphatic rings. The fraction of sp³-hybridized carbons (Fsp3) is 0.579. The first kappa shape index (κ1) is 17.1. The predicted octanol–water partition coefficient (Wildman–Crippen LogP) is 1.44. The summed E-state index contributed by atoms with van der Waals surface area (Å²) in [5.41, 5.74) is 3.31. The number of aryl methyl sites for hydroxylation is 2. The second-order valence-electron chi connectivity index (χ2n) is 7.24. The van der Waals surface area contributed by atoms with Gasteiger partial charge in [0.2, 0.25) is 0 Å². The molecule has 138 valence electrons. The highest BCUT2D eigenvalue weighted by Crippen LogP contribution is 2.21. The molecule has 0 amide bonds. The molecule has 2 aromatic heterocycles. The third-order valence-electron chi connectivity index (χ3n) is 5.42. The minimum absolute atomic E-state index is 0.0566. The lowest BCUT2D eigenvalue weighted by Gasteiger charge is -2.31. The third-order valence-corrected chi connectivity index (χ3v) is 5.42. The summed E-state index contributed by atoms with van der Waals surface area (Å²) in [6, 6.07) is 4.15. The van der Waals surface area contributed by atoms with Crippen LogP contribution in [-0.4, -0.2) is 44.8 Å². The molecule has 0 atom stereocenters. The maximum Gasteiger partial charge on any atom is 0.316 e. The number of rotatable bonds is 5. The Kier molecular flexibility index (Phi) is 4.97. The molecule has 1 aliphatic heterocycles. The Labute approximate surface area is 153 Å². The zero-order valence-corrected chi connectivity index (χ0v) is 15.2. The maximum absolute atomic E-state index is 12.3. The van der Waals surface area contributed by atoms with Gasteiger partial charge in [-0.2, -0.15) is 10.1 Å². The number of piperidine rings is 1. The van der Waals surface area contributed by atoms with Crippen LogP contribution in [0.2, 0.25) is 0 Å². The Hall–Kier alpha value is -2.28. The monoisotopic (exact) mass is 355 g/mol. The summed E-state index contributed by atoms with van der Waals surface area (Å²) in [7, 11) is 1.58. The van der Waals surface area contributed by atoms with Crippen LogP contribution in [0.5, 0.6) is 6.01 Å². The molecule has 0 N–H and O–H groups in total. The summed E-state index contributed by atoms with van der Waals surface area (Å²) < 4.78 is 6.78. The van der Waals surface area contributed by atoms with Gasteiger partial charge < -0.3 is 4.74 Å². The lowest BCUT2D eigenvalue weighted by atomic mass is 9.96. The van der Waals surface area contributed by atoms with Crippen LogP contribution in [0.4, 0.5) is 0 Å². The zero-order chi connectivity index (χ0) is 17.9. The Morgan fingerprint density at radius 1 is 1.27 bits per heavy atom. The Morgan fingerprint density at radius 2 is 2.12 bits per heavy atom. The standard InChI is InChI=1S/C19H25N5O2/c1-26-19-20-8-5-16(21-19)13-23-9-6-14(7-10-23)12-24-18(25)11-15-3-2-4-17(15)22-24/h5,8,11,14H,2-4,6-7,9-10,12-13H2,1H3. The van der Waals surface area contributed by atoms with Crippen LogP contribution in [-0.2, 0) is 25.9 Å². The first-order valence-corrected chi connectivity index (χ1v) is 9.39. The summed E-state index contributed by atoms with van der Waals surface area (Å²) in [6.45, 7) is 3.57. The first-order chi connectivity index (χ1) is 12.7. The minimum Gasteiger partial charge on any atom is -0.467 e. The van der Waals surface area contributed by atoms with Gasteiger partial charge in [-0.25, -0.2) is 9.67 Å². The first-order valence-electron chi connectivity index (χ1n) is 9.39. The van der Waals surface area contributed by atoms with Crippen molar-refractivity contribution in [3.05, 3.63) is 45.6 Å². The normalized spacial score (nSPS) is 18.0. The van der Waals surface area contributed by atoms with Gasteiger partial charge >= 0.3 is 6.01 Å². The van der Waals surface area contributed by atoms with Crippen LogP contribution in [0.3, 0.4) is 0 Å². The maximum atomic E-state index is 12.3. The molecule has 1 saturated heterocycles. The second kappa shape index (κ2) is 7.53. The summed E-state index contributed by atoms with van der Waals surface area (Å²) in [5.74, 6) is 0.510. The number of hydrogen-bond donors (Lipinski definition) is 0. The van der Waals surface area contributed by atoms with E-state index in [1.54, 1.807) is 24.1 Å². The fourth-order valence-corrected chi connectivity index (χ4v) is 3.93. The molecule has 0 aromatic carbocycles. The zero-order valence-electron chi connectivity index (χ0n) is 15.2. The van der Waals surface area contributed by atoms with E-state index in [0.29, 0.717) is 11.9 Å². The molecular weight excluding hydrogens is 330 g/mol. The molecule has 0 spiro atoms. The quantitative estimate of drug-likeness (QED) is 0.808. The molecule has 2 aromatic rings. The Balaban J connectivity index is 1.33. The molecule has 0 radical (unpaired) electrons. The van der Waals surface area contributed by atoms with Gasteiger partial charge in [0.25, 0.3) is 5.56 Å². The average molecular weight is 355 g/mol. The Morgan fingerprint density at radius 3 is 2.92 bits per heavy atom. The average Bonchev–Trinajstić information content (AvgIpc) is 3.11. The molecule has 1 aliphatic carbocycles. The molecular formula is C19H25N5O2. The van der Waals surface area contributed by atoms with E-state index in [1.165, 1.54) is 0 Å². The van der Waals surface area contributed by atoms with Crippen molar-refractivity contribution in [2.45, 2.75) is 45.2 Å². The van der Waals surface area contributed by atoms with Gasteiger partial charge in [0.05, 0.1) is 18.5 Å². The fourth-order valence-electron chi connectivity index (χ4n) is 3.93. The van der Waals surface area contributed by atoms with E-state index in [1.807, 2.05) is 6.07 Å². The van der Waals surface area contributed by atoms with Crippen molar-refractivity contribution in [2.75, 3.05) is 20.2 Å². The summed E-state index contributed by atoms with van der Waals surface area (Å²) in [6.07, 6.45) is 7.03. The van der Waals surface area contributed by atoms with Gasteiger partial charge in [0.15, 0.2) is 0 Å². The van der Waals surface area contributed by atoms with Gasteiger partial charge in [-0.1, -0.05) is 0 Å². The number of hydrogen-bond acceptors (Lipinski definition) is 6. The highest BCUT2D eigenvalue weighted by molar-refractivity contribution is 5.22. The molecule has 3 heterocycles. The van der Waals surface area contributed by atoms with Crippen molar-refractivity contribution in [2.24, 2.45) is 5.92 Å². The molecule has 4 rings (SSSR count). The highest BCUT2D eigenvalue weighted by Gasteiger charge is 2.22. The van der Waals surface area contributed by atoms with E-state index in [4.69, 9.17) is 4.74 Å². The summed E-state index contributed by atoms with van der Waals surface area (Å²) in [4.78, 5) is 23.1. The third kappa shape index (κ3) is 3.77. The van der Waals surface area contributed by atoms with Crippen molar-refractivity contribution in [3.8, 4) is 6.01 Å². The number of methoxy groups -OCH3 is 1. The Bertz CT molecular complexity index is 827. The largest absolute Gasteiger partial charge is 0.467 e. The minimum atomic E-state index is 0.0566. The van der Waals surface area contributed by atoms with Crippen molar-refractivity contribution in [1.29, 1.82) is 0 Å². The van der Waals surface area contributed by atoms with E-state index < -0.39 is 0 Å². The van der Waals surface area contributed by atoms with Crippen molar-refractivity contribution < 1.29 is 4.74 Å². The van der Waals surface area contributed by atoms with Crippen LogP contribution in [0, 0.1) is 5.92 Å². The predicted molar refractivity (Wildman–Crippen MR) is 97.1 cm³/mol. The lowest BCUT2D eigenvalue weighted by molar-refractivity contribution is 0.161. The van der Waals surface area contributed by atoms with Crippen LogP contribution >= 0.6 is 0 Å². The molecule has 7 heteroatoms. The number of aromatic nitrogens is 4. The number of nitrogens with zero attached hydrogens (tertiary/aromatic N) is 5. The van der Waals surface area contributed by atoms with Gasteiger partial charge in [0.1, 0.15) is 0 Å². The topological polar surface area (TPSA) is 73.1 Å². The molecule has 7 nitrogen and oxygen atoms in total. The van der Waals surface area contributed by atoms with Crippen molar-refractivity contribution in [1.82, 2.24) is 24.6 Å². The van der Waals surface area contributed by atoms with Gasteiger partial charge in [-0.3, -0.25) is 9.69 Å². The van der Waals surface area contributed by atoms with Crippen molar-refractivity contribution >= 4 is 0 Å². The molecule has 0 saturated carbocycles. The van der Waals surface area contributed by atoms with E-state index in [9.17, 15) is 4.79 Å². The molecule has 0 bridgehead atoms. The summed E-state index contributed by atoms with van der Waals surface area (Å²) >= 11 is 0. The van der Waals surface area contributed by atoms with Gasteiger partial charge in [-0.05, 0) is 62.7 Å².